The van der Waals surface area contributed by atoms with Gasteiger partial charge in [0.1, 0.15) is 0 Å². The van der Waals surface area contributed by atoms with Gasteiger partial charge in [0.05, 0.1) is 5.56 Å². The molecule has 3 heterocycles. The summed E-state index contributed by atoms with van der Waals surface area (Å²) in [4.78, 5) is 2.52. The average Bonchev–Trinajstić information content (AvgIpc) is 3.09. The predicted octanol–water partition coefficient (Wildman–Crippen LogP) is 5.90. The quantitative estimate of drug-likeness (QED) is 0.533. The maximum atomic E-state index is 13.1. The van der Waals surface area contributed by atoms with Crippen LogP contribution in [-0.2, 0) is 25.6 Å². The van der Waals surface area contributed by atoms with Crippen LogP contribution in [0.15, 0.2) is 42.5 Å². The normalized spacial score (nSPS) is 21.7. The first-order chi connectivity index (χ1) is 13.8. The molecule has 0 N–H and O–H groups in total. The monoisotopic (exact) mass is 398 g/mol. The summed E-state index contributed by atoms with van der Waals surface area (Å²) < 4.78 is 41.6. The van der Waals surface area contributed by atoms with Gasteiger partial charge in [0, 0.05) is 41.6 Å². The smallest absolute Gasteiger partial charge is 0.344 e. The molecule has 3 aromatic rings. The van der Waals surface area contributed by atoms with Gasteiger partial charge in [0.25, 0.3) is 0 Å². The number of aromatic nitrogens is 1. The Morgan fingerprint density at radius 3 is 2.69 bits per heavy atom. The minimum Gasteiger partial charge on any atom is -0.344 e. The van der Waals surface area contributed by atoms with Gasteiger partial charge in [0.2, 0.25) is 0 Å². The van der Waals surface area contributed by atoms with Crippen molar-refractivity contribution in [1.29, 1.82) is 0 Å². The predicted molar refractivity (Wildman–Crippen MR) is 109 cm³/mol. The third-order valence-electron chi connectivity index (χ3n) is 6.85. The minimum atomic E-state index is -4.30. The van der Waals surface area contributed by atoms with Gasteiger partial charge in [-0.05, 0) is 62.6 Å². The maximum absolute atomic E-state index is 13.1. The zero-order valence-corrected chi connectivity index (χ0v) is 16.8. The summed E-state index contributed by atoms with van der Waals surface area (Å²) in [6, 6.07) is 13.4. The Kier molecular flexibility index (Phi) is 4.28. The summed E-state index contributed by atoms with van der Waals surface area (Å²) in [5.74, 6) is 0. The lowest BCUT2D eigenvalue weighted by atomic mass is 9.97. The Morgan fingerprint density at radius 1 is 1.07 bits per heavy atom. The molecule has 5 heteroatoms. The van der Waals surface area contributed by atoms with Gasteiger partial charge >= 0.3 is 6.18 Å². The molecule has 0 radical (unpaired) electrons. The zero-order valence-electron chi connectivity index (χ0n) is 16.8. The van der Waals surface area contributed by atoms with Crippen LogP contribution in [0.3, 0.4) is 0 Å². The molecular weight excluding hydrogens is 373 g/mol. The van der Waals surface area contributed by atoms with Crippen molar-refractivity contribution in [2.75, 3.05) is 7.05 Å². The standard InChI is InChI=1S/C24H25F3N2/c1-15-6-8-20-19(12-15)23-21-9-7-18(28(21)2)14-22(23)29(20)11-10-16-4-3-5-17(13-16)24(25,26)27/h3-6,8,12-13,18,21H,7,9-11,14H2,1-2H3/t18-,21+/m0/s1. The van der Waals surface area contributed by atoms with Crippen LogP contribution in [0.4, 0.5) is 13.2 Å². The van der Waals surface area contributed by atoms with Crippen molar-refractivity contribution in [3.63, 3.8) is 0 Å². The molecule has 2 aliphatic rings. The van der Waals surface area contributed by atoms with Crippen LogP contribution in [0.25, 0.3) is 10.9 Å². The molecule has 1 saturated heterocycles. The van der Waals surface area contributed by atoms with Crippen molar-refractivity contribution in [1.82, 2.24) is 9.47 Å². The molecule has 0 aliphatic carbocycles. The maximum Gasteiger partial charge on any atom is 0.416 e. The van der Waals surface area contributed by atoms with Gasteiger partial charge in [0.15, 0.2) is 0 Å². The molecule has 152 valence electrons. The lowest BCUT2D eigenvalue weighted by molar-refractivity contribution is -0.137. The summed E-state index contributed by atoms with van der Waals surface area (Å²) in [5.41, 5.74) is 5.47. The molecule has 2 bridgehead atoms. The highest BCUT2D eigenvalue weighted by atomic mass is 19.4. The van der Waals surface area contributed by atoms with Crippen LogP contribution in [-0.4, -0.2) is 22.6 Å². The lowest BCUT2D eigenvalue weighted by Gasteiger charge is -2.32. The van der Waals surface area contributed by atoms with Crippen molar-refractivity contribution in [3.8, 4) is 0 Å². The van der Waals surface area contributed by atoms with Crippen molar-refractivity contribution in [3.05, 3.63) is 70.4 Å². The second kappa shape index (κ2) is 6.63. The molecule has 2 atom stereocenters. The largest absolute Gasteiger partial charge is 0.416 e. The summed E-state index contributed by atoms with van der Waals surface area (Å²) in [5, 5.41) is 1.32. The van der Waals surface area contributed by atoms with Crippen molar-refractivity contribution < 1.29 is 13.2 Å². The summed E-state index contributed by atoms with van der Waals surface area (Å²) in [7, 11) is 2.23. The molecule has 0 amide bonds. The van der Waals surface area contributed by atoms with E-state index in [-0.39, 0.29) is 0 Å². The Hall–Kier alpha value is -2.27. The number of aryl methyl sites for hydroxylation is 3. The Bertz CT molecular complexity index is 1080. The number of hydrogen-bond donors (Lipinski definition) is 0. The fourth-order valence-corrected chi connectivity index (χ4v) is 5.37. The molecule has 1 fully saturated rings. The molecule has 2 aromatic carbocycles. The van der Waals surface area contributed by atoms with Gasteiger partial charge in [-0.25, -0.2) is 0 Å². The molecular formula is C24H25F3N2. The van der Waals surface area contributed by atoms with Crippen LogP contribution in [0, 0.1) is 6.92 Å². The second-order valence-electron chi connectivity index (χ2n) is 8.60. The van der Waals surface area contributed by atoms with Gasteiger partial charge in [-0.2, -0.15) is 13.2 Å². The Labute approximate surface area is 168 Å². The number of benzene rings is 2. The summed E-state index contributed by atoms with van der Waals surface area (Å²) in [6.07, 6.45) is -0.264. The van der Waals surface area contributed by atoms with E-state index in [1.807, 2.05) is 0 Å². The molecule has 29 heavy (non-hydrogen) atoms. The number of fused-ring (bicyclic) bond motifs is 6. The van der Waals surface area contributed by atoms with Crippen LogP contribution in [0.1, 0.15) is 46.8 Å². The van der Waals surface area contributed by atoms with E-state index in [4.69, 9.17) is 0 Å². The number of likely N-dealkylation sites (N-methyl/N-ethyl adjacent to an activating group) is 1. The van der Waals surface area contributed by atoms with E-state index in [9.17, 15) is 13.2 Å². The fourth-order valence-electron chi connectivity index (χ4n) is 5.37. The first-order valence-corrected chi connectivity index (χ1v) is 10.3. The van der Waals surface area contributed by atoms with Crippen molar-refractivity contribution in [2.24, 2.45) is 0 Å². The first kappa shape index (κ1) is 18.7. The number of nitrogens with zero attached hydrogens (tertiary/aromatic N) is 2. The molecule has 5 rings (SSSR count). The van der Waals surface area contributed by atoms with E-state index in [0.29, 0.717) is 25.0 Å². The summed E-state index contributed by atoms with van der Waals surface area (Å²) in [6.45, 7) is 2.83. The van der Waals surface area contributed by atoms with E-state index in [1.165, 1.54) is 52.7 Å². The highest BCUT2D eigenvalue weighted by Crippen LogP contribution is 2.47. The summed E-state index contributed by atoms with van der Waals surface area (Å²) >= 11 is 0. The lowest BCUT2D eigenvalue weighted by Crippen LogP contribution is -2.34. The molecule has 0 saturated carbocycles. The van der Waals surface area contributed by atoms with Crippen LogP contribution in [0.2, 0.25) is 0 Å². The number of halogens is 3. The first-order valence-electron chi connectivity index (χ1n) is 10.3. The molecule has 2 nitrogen and oxygen atoms in total. The van der Waals surface area contributed by atoms with E-state index < -0.39 is 11.7 Å². The van der Waals surface area contributed by atoms with Gasteiger partial charge in [-0.3, -0.25) is 4.90 Å². The van der Waals surface area contributed by atoms with Gasteiger partial charge in [-0.15, -0.1) is 0 Å². The third-order valence-corrected chi connectivity index (χ3v) is 6.85. The van der Waals surface area contributed by atoms with Crippen LogP contribution in [0.5, 0.6) is 0 Å². The van der Waals surface area contributed by atoms with E-state index in [2.05, 4.69) is 41.6 Å². The van der Waals surface area contributed by atoms with Gasteiger partial charge < -0.3 is 4.57 Å². The number of hydrogen-bond acceptors (Lipinski definition) is 1. The fraction of sp³-hybridized carbons (Fsp3) is 0.417. The van der Waals surface area contributed by atoms with Crippen molar-refractivity contribution in [2.45, 2.75) is 57.4 Å². The molecule has 1 aromatic heterocycles. The highest BCUT2D eigenvalue weighted by molar-refractivity contribution is 5.87. The number of alkyl halides is 3. The van der Waals surface area contributed by atoms with Crippen LogP contribution >= 0.6 is 0 Å². The van der Waals surface area contributed by atoms with Gasteiger partial charge in [-0.1, -0.05) is 29.8 Å². The topological polar surface area (TPSA) is 8.17 Å². The van der Waals surface area contributed by atoms with Crippen LogP contribution < -0.4 is 0 Å². The minimum absolute atomic E-state index is 0.461. The van der Waals surface area contributed by atoms with Crippen molar-refractivity contribution >= 4 is 10.9 Å². The number of rotatable bonds is 3. The zero-order chi connectivity index (χ0) is 20.3. The van der Waals surface area contributed by atoms with E-state index in [0.717, 1.165) is 18.1 Å². The van der Waals surface area contributed by atoms with E-state index in [1.54, 1.807) is 6.07 Å². The SMILES string of the molecule is Cc1ccc2c(c1)c1c(n2CCc2cccc(C(F)(F)F)c2)C[C@@H]2CC[C@H]1N2C. The van der Waals surface area contributed by atoms with E-state index >= 15 is 0 Å². The second-order valence-corrected chi connectivity index (χ2v) is 8.60. The molecule has 2 aliphatic heterocycles. The molecule has 0 spiro atoms. The Balaban J connectivity index is 1.54. The average molecular weight is 398 g/mol. The molecule has 0 unspecified atom stereocenters. The Morgan fingerprint density at radius 2 is 1.90 bits per heavy atom. The third kappa shape index (κ3) is 3.07. The highest BCUT2D eigenvalue weighted by Gasteiger charge is 2.40.